The van der Waals surface area contributed by atoms with Gasteiger partial charge in [-0.25, -0.2) is 4.98 Å². The van der Waals surface area contributed by atoms with Crippen LogP contribution in [0.4, 0.5) is 0 Å². The topological polar surface area (TPSA) is 32.6 Å². The third-order valence-corrected chi connectivity index (χ3v) is 2.12. The Morgan fingerprint density at radius 2 is 1.92 bits per heavy atom. The van der Waals surface area contributed by atoms with Crippen LogP contribution in [0.5, 0.6) is 11.5 Å². The minimum atomic E-state index is 0.482. The molecule has 3 heteroatoms. The standard InChI is InChI=1S/C10H13NO2/c1-7(2)8-5-9-10(6-11-8)13-4-3-12-9/h5-7H,3-4H2,1-2H3/p+1. The zero-order valence-electron chi connectivity index (χ0n) is 7.96. The highest BCUT2D eigenvalue weighted by Crippen LogP contribution is 2.29. The first-order valence-corrected chi connectivity index (χ1v) is 4.58. The maximum atomic E-state index is 5.47. The van der Waals surface area contributed by atoms with E-state index in [9.17, 15) is 0 Å². The second kappa shape index (κ2) is 3.24. The summed E-state index contributed by atoms with van der Waals surface area (Å²) in [5.74, 6) is 2.15. The molecule has 0 aromatic carbocycles. The first-order valence-electron chi connectivity index (χ1n) is 4.58. The molecule has 0 aliphatic carbocycles. The van der Waals surface area contributed by atoms with Crippen molar-refractivity contribution in [2.75, 3.05) is 13.2 Å². The van der Waals surface area contributed by atoms with Gasteiger partial charge >= 0.3 is 0 Å². The molecule has 70 valence electrons. The van der Waals surface area contributed by atoms with Crippen LogP contribution in [0.3, 0.4) is 0 Å². The summed E-state index contributed by atoms with van der Waals surface area (Å²) in [7, 11) is 0. The molecule has 2 rings (SSSR count). The zero-order valence-corrected chi connectivity index (χ0v) is 7.96. The van der Waals surface area contributed by atoms with Gasteiger partial charge in [-0.1, -0.05) is 13.8 Å². The van der Waals surface area contributed by atoms with E-state index in [0.29, 0.717) is 19.1 Å². The highest BCUT2D eigenvalue weighted by atomic mass is 16.6. The van der Waals surface area contributed by atoms with Crippen molar-refractivity contribution in [1.29, 1.82) is 0 Å². The number of hydrogen-bond acceptors (Lipinski definition) is 2. The maximum absolute atomic E-state index is 5.47. The number of aromatic amines is 1. The van der Waals surface area contributed by atoms with Gasteiger partial charge in [0.25, 0.3) is 0 Å². The van der Waals surface area contributed by atoms with Crippen molar-refractivity contribution < 1.29 is 14.5 Å². The van der Waals surface area contributed by atoms with Crippen molar-refractivity contribution in [2.45, 2.75) is 19.8 Å². The molecule has 2 heterocycles. The fourth-order valence-electron chi connectivity index (χ4n) is 1.34. The molecule has 0 saturated heterocycles. The van der Waals surface area contributed by atoms with Crippen LogP contribution in [0, 0.1) is 0 Å². The maximum Gasteiger partial charge on any atom is 0.226 e. The number of aromatic nitrogens is 1. The van der Waals surface area contributed by atoms with E-state index in [-0.39, 0.29) is 0 Å². The largest absolute Gasteiger partial charge is 0.486 e. The van der Waals surface area contributed by atoms with Crippen LogP contribution in [0.1, 0.15) is 25.5 Å². The molecule has 0 spiro atoms. The second-order valence-corrected chi connectivity index (χ2v) is 3.47. The number of rotatable bonds is 1. The van der Waals surface area contributed by atoms with Gasteiger partial charge in [-0.2, -0.15) is 0 Å². The summed E-state index contributed by atoms with van der Waals surface area (Å²) >= 11 is 0. The van der Waals surface area contributed by atoms with Crippen LogP contribution < -0.4 is 14.5 Å². The summed E-state index contributed by atoms with van der Waals surface area (Å²) in [5, 5.41) is 0. The first kappa shape index (κ1) is 8.35. The highest BCUT2D eigenvalue weighted by molar-refractivity contribution is 5.38. The Morgan fingerprint density at radius 1 is 1.23 bits per heavy atom. The van der Waals surface area contributed by atoms with E-state index in [0.717, 1.165) is 11.5 Å². The van der Waals surface area contributed by atoms with Crippen molar-refractivity contribution >= 4 is 0 Å². The summed E-state index contributed by atoms with van der Waals surface area (Å²) in [6, 6.07) is 2.01. The van der Waals surface area contributed by atoms with Gasteiger partial charge < -0.3 is 9.47 Å². The Bertz CT molecular complexity index is 310. The van der Waals surface area contributed by atoms with Crippen LogP contribution in [0.25, 0.3) is 0 Å². The van der Waals surface area contributed by atoms with Crippen LogP contribution in [0.15, 0.2) is 12.3 Å². The molecule has 1 aromatic heterocycles. The summed E-state index contributed by atoms with van der Waals surface area (Å²) in [6.45, 7) is 5.57. The molecular formula is C10H14NO2+. The van der Waals surface area contributed by atoms with E-state index in [2.05, 4.69) is 18.8 Å². The average Bonchev–Trinajstić information content (AvgIpc) is 2.17. The molecule has 1 aliphatic heterocycles. The van der Waals surface area contributed by atoms with Gasteiger partial charge in [-0.05, 0) is 0 Å². The number of fused-ring (bicyclic) bond motifs is 1. The molecule has 0 bridgehead atoms. The Hall–Kier alpha value is -1.25. The molecule has 1 aromatic rings. The second-order valence-electron chi connectivity index (χ2n) is 3.47. The van der Waals surface area contributed by atoms with Crippen molar-refractivity contribution in [3.05, 3.63) is 18.0 Å². The number of pyridine rings is 1. The van der Waals surface area contributed by atoms with Crippen molar-refractivity contribution in [3.63, 3.8) is 0 Å². The van der Waals surface area contributed by atoms with Gasteiger partial charge in [0.15, 0.2) is 11.4 Å². The number of nitrogens with one attached hydrogen (secondary N) is 1. The number of H-pyrrole nitrogens is 1. The molecule has 3 nitrogen and oxygen atoms in total. The highest BCUT2D eigenvalue weighted by Gasteiger charge is 2.17. The monoisotopic (exact) mass is 180 g/mol. The third-order valence-electron chi connectivity index (χ3n) is 2.12. The fraction of sp³-hybridized carbons (Fsp3) is 0.500. The van der Waals surface area contributed by atoms with Crippen molar-refractivity contribution in [3.8, 4) is 11.5 Å². The predicted octanol–water partition coefficient (Wildman–Crippen LogP) is 1.40. The number of ether oxygens (including phenoxy) is 2. The van der Waals surface area contributed by atoms with E-state index >= 15 is 0 Å². The molecule has 0 atom stereocenters. The van der Waals surface area contributed by atoms with Crippen LogP contribution in [-0.2, 0) is 0 Å². The van der Waals surface area contributed by atoms with E-state index in [1.54, 1.807) is 0 Å². The van der Waals surface area contributed by atoms with E-state index in [1.807, 2.05) is 12.3 Å². The molecular weight excluding hydrogens is 166 g/mol. The lowest BCUT2D eigenvalue weighted by Gasteiger charge is -2.16. The van der Waals surface area contributed by atoms with Gasteiger partial charge in [0.05, 0.1) is 6.07 Å². The molecule has 0 unspecified atom stereocenters. The minimum absolute atomic E-state index is 0.482. The Labute approximate surface area is 77.7 Å². The normalized spacial score (nSPS) is 14.7. The third kappa shape index (κ3) is 1.59. The Morgan fingerprint density at radius 3 is 2.62 bits per heavy atom. The Kier molecular flexibility index (Phi) is 2.08. The predicted molar refractivity (Wildman–Crippen MR) is 48.1 cm³/mol. The lowest BCUT2D eigenvalue weighted by Crippen LogP contribution is -2.20. The van der Waals surface area contributed by atoms with Crippen LogP contribution >= 0.6 is 0 Å². The molecule has 0 radical (unpaired) electrons. The van der Waals surface area contributed by atoms with Gasteiger partial charge in [0, 0.05) is 5.92 Å². The van der Waals surface area contributed by atoms with Crippen molar-refractivity contribution in [2.24, 2.45) is 0 Å². The SMILES string of the molecule is CC(C)c1cc2c(c[nH+]1)OCCO2. The fourth-order valence-corrected chi connectivity index (χ4v) is 1.34. The molecule has 0 fully saturated rings. The minimum Gasteiger partial charge on any atom is -0.486 e. The summed E-state index contributed by atoms with van der Waals surface area (Å²) < 4.78 is 10.9. The summed E-state index contributed by atoms with van der Waals surface area (Å²) in [6.07, 6.45) is 1.86. The van der Waals surface area contributed by atoms with Gasteiger partial charge in [-0.15, -0.1) is 0 Å². The summed E-state index contributed by atoms with van der Waals surface area (Å²) in [4.78, 5) is 3.19. The average molecular weight is 180 g/mol. The lowest BCUT2D eigenvalue weighted by molar-refractivity contribution is -0.393. The molecule has 1 aliphatic rings. The first-order chi connectivity index (χ1) is 6.27. The van der Waals surface area contributed by atoms with E-state index in [4.69, 9.17) is 9.47 Å². The van der Waals surface area contributed by atoms with Gasteiger partial charge in [-0.3, -0.25) is 0 Å². The van der Waals surface area contributed by atoms with E-state index < -0.39 is 0 Å². The summed E-state index contributed by atoms with van der Waals surface area (Å²) in [5.41, 5.74) is 1.17. The van der Waals surface area contributed by atoms with E-state index in [1.165, 1.54) is 5.69 Å². The lowest BCUT2D eigenvalue weighted by atomic mass is 10.1. The number of hydrogen-bond donors (Lipinski definition) is 0. The molecule has 0 amide bonds. The molecule has 13 heavy (non-hydrogen) atoms. The molecule has 1 N–H and O–H groups in total. The Balaban J connectivity index is 2.35. The van der Waals surface area contributed by atoms with Crippen LogP contribution in [-0.4, -0.2) is 13.2 Å². The van der Waals surface area contributed by atoms with Crippen LogP contribution in [0.2, 0.25) is 0 Å². The van der Waals surface area contributed by atoms with Gasteiger partial charge in [0.2, 0.25) is 11.9 Å². The molecule has 0 saturated carbocycles. The van der Waals surface area contributed by atoms with Crippen molar-refractivity contribution in [1.82, 2.24) is 0 Å². The van der Waals surface area contributed by atoms with Gasteiger partial charge in [0.1, 0.15) is 13.2 Å². The smallest absolute Gasteiger partial charge is 0.226 e. The quantitative estimate of drug-likeness (QED) is 0.654. The zero-order chi connectivity index (χ0) is 9.26.